The highest BCUT2D eigenvalue weighted by molar-refractivity contribution is 7.12. The van der Waals surface area contributed by atoms with Gasteiger partial charge >= 0.3 is 0 Å². The first-order valence-electron chi connectivity index (χ1n) is 6.25. The minimum atomic E-state index is -0.0380. The monoisotopic (exact) mass is 261 g/mol. The molecule has 1 aromatic carbocycles. The van der Waals surface area contributed by atoms with Crippen molar-refractivity contribution in [3.63, 3.8) is 0 Å². The van der Waals surface area contributed by atoms with Gasteiger partial charge in [-0.3, -0.25) is 0 Å². The number of nitrogens with two attached hydrogens (primary N) is 1. The zero-order chi connectivity index (χ0) is 13.0. The maximum absolute atomic E-state index is 6.25. The second kappa shape index (κ2) is 6.03. The molecule has 3 heteroatoms. The van der Waals surface area contributed by atoms with Crippen molar-refractivity contribution in [2.75, 3.05) is 6.61 Å². The van der Waals surface area contributed by atoms with Crippen molar-refractivity contribution < 1.29 is 4.74 Å². The maximum atomic E-state index is 6.25. The van der Waals surface area contributed by atoms with Crippen LogP contribution in [0.4, 0.5) is 0 Å². The molecule has 1 aromatic heterocycles. The third-order valence-electron chi connectivity index (χ3n) is 2.78. The highest BCUT2D eigenvalue weighted by Crippen LogP contribution is 2.27. The van der Waals surface area contributed by atoms with Crippen LogP contribution in [-0.4, -0.2) is 6.61 Å². The van der Waals surface area contributed by atoms with Crippen molar-refractivity contribution in [1.82, 2.24) is 0 Å². The fourth-order valence-electron chi connectivity index (χ4n) is 1.78. The molecule has 0 fully saturated rings. The van der Waals surface area contributed by atoms with E-state index < -0.39 is 0 Å². The highest BCUT2D eigenvalue weighted by Gasteiger charge is 2.10. The minimum Gasteiger partial charge on any atom is -0.494 e. The SMILES string of the molecule is CCCOc1ccc(C(N)c2ccc(C)s2)cc1. The Morgan fingerprint density at radius 3 is 2.44 bits per heavy atom. The number of thiophene rings is 1. The number of benzene rings is 1. The van der Waals surface area contributed by atoms with Crippen molar-refractivity contribution in [1.29, 1.82) is 0 Å². The topological polar surface area (TPSA) is 35.2 Å². The van der Waals surface area contributed by atoms with Gasteiger partial charge in [-0.2, -0.15) is 0 Å². The zero-order valence-electron chi connectivity index (χ0n) is 10.8. The van der Waals surface area contributed by atoms with E-state index in [4.69, 9.17) is 10.5 Å². The molecule has 0 spiro atoms. The predicted molar refractivity (Wildman–Crippen MR) is 77.3 cm³/mol. The lowest BCUT2D eigenvalue weighted by Gasteiger charge is -2.11. The molecule has 0 radical (unpaired) electrons. The summed E-state index contributed by atoms with van der Waals surface area (Å²) in [6.07, 6.45) is 1.02. The molecule has 2 aromatic rings. The molecule has 2 N–H and O–H groups in total. The summed E-state index contributed by atoms with van der Waals surface area (Å²) in [6, 6.07) is 12.3. The van der Waals surface area contributed by atoms with Crippen LogP contribution >= 0.6 is 11.3 Å². The second-order valence-corrected chi connectivity index (χ2v) is 5.66. The predicted octanol–water partition coefficient (Wildman–Crippen LogP) is 3.89. The summed E-state index contributed by atoms with van der Waals surface area (Å²) >= 11 is 1.75. The van der Waals surface area contributed by atoms with Crippen LogP contribution in [0.5, 0.6) is 5.75 Å². The molecule has 2 rings (SSSR count). The summed E-state index contributed by atoms with van der Waals surface area (Å²) < 4.78 is 5.56. The molecule has 1 heterocycles. The van der Waals surface area contributed by atoms with E-state index in [0.29, 0.717) is 0 Å². The quantitative estimate of drug-likeness (QED) is 0.886. The Bertz CT molecular complexity index is 489. The smallest absolute Gasteiger partial charge is 0.119 e. The Balaban J connectivity index is 2.09. The van der Waals surface area contributed by atoms with Gasteiger partial charge in [0.1, 0.15) is 5.75 Å². The standard InChI is InChI=1S/C15H19NOS/c1-3-10-17-13-7-5-12(6-8-13)15(16)14-9-4-11(2)18-14/h4-9,15H,3,10,16H2,1-2H3. The lowest BCUT2D eigenvalue weighted by Crippen LogP contribution is -2.09. The summed E-state index contributed by atoms with van der Waals surface area (Å²) in [6.45, 7) is 4.96. The number of rotatable bonds is 5. The zero-order valence-corrected chi connectivity index (χ0v) is 11.7. The largest absolute Gasteiger partial charge is 0.494 e. The van der Waals surface area contributed by atoms with Crippen LogP contribution in [0, 0.1) is 6.92 Å². The van der Waals surface area contributed by atoms with Gasteiger partial charge in [0.05, 0.1) is 12.6 Å². The molecule has 96 valence electrons. The fourth-order valence-corrected chi connectivity index (χ4v) is 2.68. The van der Waals surface area contributed by atoms with Crippen molar-refractivity contribution in [2.24, 2.45) is 5.73 Å². The average Bonchev–Trinajstić information content (AvgIpc) is 2.83. The van der Waals surface area contributed by atoms with Crippen molar-refractivity contribution >= 4 is 11.3 Å². The van der Waals surface area contributed by atoms with Gasteiger partial charge in [-0.1, -0.05) is 19.1 Å². The van der Waals surface area contributed by atoms with Crippen molar-refractivity contribution in [3.8, 4) is 5.75 Å². The van der Waals surface area contributed by atoms with Gasteiger partial charge in [-0.05, 0) is 43.2 Å². The summed E-state index contributed by atoms with van der Waals surface area (Å²) in [5.74, 6) is 0.912. The van der Waals surface area contributed by atoms with E-state index in [2.05, 4.69) is 26.0 Å². The van der Waals surface area contributed by atoms with E-state index in [0.717, 1.165) is 24.3 Å². The first kappa shape index (κ1) is 13.1. The Kier molecular flexibility index (Phi) is 4.39. The van der Waals surface area contributed by atoms with Gasteiger partial charge in [0.2, 0.25) is 0 Å². The van der Waals surface area contributed by atoms with Crippen LogP contribution in [-0.2, 0) is 0 Å². The fraction of sp³-hybridized carbons (Fsp3) is 0.333. The van der Waals surface area contributed by atoms with Gasteiger partial charge in [-0.25, -0.2) is 0 Å². The third kappa shape index (κ3) is 3.12. The lowest BCUT2D eigenvalue weighted by atomic mass is 10.1. The van der Waals surface area contributed by atoms with E-state index in [1.54, 1.807) is 11.3 Å². The van der Waals surface area contributed by atoms with Crippen molar-refractivity contribution in [2.45, 2.75) is 26.3 Å². The molecule has 0 aliphatic carbocycles. The maximum Gasteiger partial charge on any atom is 0.119 e. The lowest BCUT2D eigenvalue weighted by molar-refractivity contribution is 0.317. The average molecular weight is 261 g/mol. The molecule has 0 bridgehead atoms. The van der Waals surface area contributed by atoms with Gasteiger partial charge in [-0.15, -0.1) is 11.3 Å². The molecule has 0 aliphatic heterocycles. The number of aryl methyl sites for hydroxylation is 1. The van der Waals surface area contributed by atoms with Gasteiger partial charge in [0.15, 0.2) is 0 Å². The van der Waals surface area contributed by atoms with E-state index in [9.17, 15) is 0 Å². The molecule has 0 saturated carbocycles. The first-order chi connectivity index (χ1) is 8.70. The molecule has 1 atom stereocenters. The summed E-state index contributed by atoms with van der Waals surface area (Å²) in [4.78, 5) is 2.50. The summed E-state index contributed by atoms with van der Waals surface area (Å²) in [5.41, 5.74) is 7.38. The summed E-state index contributed by atoms with van der Waals surface area (Å²) in [5, 5.41) is 0. The van der Waals surface area contributed by atoms with E-state index >= 15 is 0 Å². The normalized spacial score (nSPS) is 12.4. The molecule has 0 aliphatic rings. The number of hydrogen-bond donors (Lipinski definition) is 1. The Hall–Kier alpha value is -1.32. The second-order valence-electron chi connectivity index (χ2n) is 4.34. The van der Waals surface area contributed by atoms with Crippen LogP contribution < -0.4 is 10.5 Å². The van der Waals surface area contributed by atoms with Crippen LogP contribution in [0.3, 0.4) is 0 Å². The van der Waals surface area contributed by atoms with E-state index in [-0.39, 0.29) is 6.04 Å². The first-order valence-corrected chi connectivity index (χ1v) is 7.07. The molecule has 1 unspecified atom stereocenters. The van der Waals surface area contributed by atoms with Gasteiger partial charge in [0.25, 0.3) is 0 Å². The van der Waals surface area contributed by atoms with Crippen LogP contribution in [0.2, 0.25) is 0 Å². The van der Waals surface area contributed by atoms with Crippen LogP contribution in [0.1, 0.15) is 34.7 Å². The molecule has 2 nitrogen and oxygen atoms in total. The van der Waals surface area contributed by atoms with Crippen LogP contribution in [0.15, 0.2) is 36.4 Å². The molecule has 18 heavy (non-hydrogen) atoms. The minimum absolute atomic E-state index is 0.0380. The Morgan fingerprint density at radius 2 is 1.89 bits per heavy atom. The van der Waals surface area contributed by atoms with E-state index in [1.807, 2.05) is 24.3 Å². The van der Waals surface area contributed by atoms with Gasteiger partial charge < -0.3 is 10.5 Å². The number of ether oxygens (including phenoxy) is 1. The Labute approximate surface area is 112 Å². The molecular formula is C15H19NOS. The Morgan fingerprint density at radius 1 is 1.17 bits per heavy atom. The highest BCUT2D eigenvalue weighted by atomic mass is 32.1. The van der Waals surface area contributed by atoms with Crippen molar-refractivity contribution in [3.05, 3.63) is 51.7 Å². The summed E-state index contributed by atoms with van der Waals surface area (Å²) in [7, 11) is 0. The van der Waals surface area contributed by atoms with Gasteiger partial charge in [0, 0.05) is 9.75 Å². The third-order valence-corrected chi connectivity index (χ3v) is 3.86. The van der Waals surface area contributed by atoms with Crippen LogP contribution in [0.25, 0.3) is 0 Å². The molecule has 0 amide bonds. The molecular weight excluding hydrogens is 242 g/mol. The number of hydrogen-bond acceptors (Lipinski definition) is 3. The van der Waals surface area contributed by atoms with E-state index in [1.165, 1.54) is 9.75 Å². The molecule has 0 saturated heterocycles.